The van der Waals surface area contributed by atoms with Crippen LogP contribution in [0, 0.1) is 0 Å². The molecule has 0 saturated heterocycles. The zero-order valence-corrected chi connectivity index (χ0v) is 12.2. The van der Waals surface area contributed by atoms with Gasteiger partial charge in [0.2, 0.25) is 11.8 Å². The Morgan fingerprint density at radius 1 is 1.38 bits per heavy atom. The first-order valence-corrected chi connectivity index (χ1v) is 6.52. The van der Waals surface area contributed by atoms with Gasteiger partial charge in [-0.1, -0.05) is 0 Å². The average molecular weight is 295 g/mol. The number of benzene rings is 1. The molecule has 0 spiro atoms. The number of hydrogen-bond donors (Lipinski definition) is 3. The Morgan fingerprint density at radius 3 is 2.52 bits per heavy atom. The lowest BCUT2D eigenvalue weighted by atomic mass is 10.3. The SMILES string of the molecule is CC(=O)Nc1ccc(OC[C@@H](O)CN(C)CC(N)=O)cc1. The van der Waals surface area contributed by atoms with E-state index in [2.05, 4.69) is 5.32 Å². The Labute approximate surface area is 123 Å². The first-order valence-electron chi connectivity index (χ1n) is 6.52. The zero-order valence-electron chi connectivity index (χ0n) is 12.2. The highest BCUT2D eigenvalue weighted by Crippen LogP contribution is 2.15. The molecule has 0 aliphatic heterocycles. The summed E-state index contributed by atoms with van der Waals surface area (Å²) in [5.41, 5.74) is 5.74. The lowest BCUT2D eigenvalue weighted by Gasteiger charge is -2.19. The molecule has 0 aliphatic rings. The van der Waals surface area contributed by atoms with Crippen molar-refractivity contribution in [3.63, 3.8) is 0 Å². The van der Waals surface area contributed by atoms with Gasteiger partial charge in [-0.05, 0) is 31.3 Å². The Balaban J connectivity index is 2.37. The van der Waals surface area contributed by atoms with Gasteiger partial charge in [0.1, 0.15) is 18.5 Å². The highest BCUT2D eigenvalue weighted by molar-refractivity contribution is 5.88. The number of anilines is 1. The van der Waals surface area contributed by atoms with Crippen molar-refractivity contribution in [3.05, 3.63) is 24.3 Å². The normalized spacial score (nSPS) is 12.0. The van der Waals surface area contributed by atoms with Gasteiger partial charge in [0.15, 0.2) is 0 Å². The van der Waals surface area contributed by atoms with Crippen LogP contribution in [-0.2, 0) is 9.59 Å². The molecule has 4 N–H and O–H groups in total. The smallest absolute Gasteiger partial charge is 0.231 e. The monoisotopic (exact) mass is 295 g/mol. The van der Waals surface area contributed by atoms with Crippen molar-refractivity contribution in [2.75, 3.05) is 32.1 Å². The van der Waals surface area contributed by atoms with Crippen molar-refractivity contribution in [2.45, 2.75) is 13.0 Å². The van der Waals surface area contributed by atoms with Crippen molar-refractivity contribution in [1.29, 1.82) is 0 Å². The first-order chi connectivity index (χ1) is 9.86. The highest BCUT2D eigenvalue weighted by Gasteiger charge is 2.10. The molecule has 1 aromatic rings. The van der Waals surface area contributed by atoms with Gasteiger partial charge in [-0.15, -0.1) is 0 Å². The average Bonchev–Trinajstić information content (AvgIpc) is 2.36. The number of carbonyl (C=O) groups is 2. The molecule has 0 aliphatic carbocycles. The molecule has 0 heterocycles. The van der Waals surface area contributed by atoms with E-state index in [4.69, 9.17) is 10.5 Å². The minimum atomic E-state index is -0.732. The standard InChI is InChI=1S/C14H21N3O4/c1-10(18)16-11-3-5-13(6-4-11)21-9-12(19)7-17(2)8-14(15)20/h3-6,12,19H,7-9H2,1-2H3,(H2,15,20)(H,16,18)/t12-/m0/s1. The largest absolute Gasteiger partial charge is 0.491 e. The third-order valence-electron chi connectivity index (χ3n) is 2.57. The molecular weight excluding hydrogens is 274 g/mol. The molecule has 0 aromatic heterocycles. The number of nitrogens with two attached hydrogens (primary N) is 1. The van der Waals surface area contributed by atoms with Crippen molar-refractivity contribution in [2.24, 2.45) is 5.73 Å². The molecule has 0 saturated carbocycles. The lowest BCUT2D eigenvalue weighted by Crippen LogP contribution is -2.38. The summed E-state index contributed by atoms with van der Waals surface area (Å²) in [6, 6.07) is 6.82. The van der Waals surface area contributed by atoms with E-state index in [0.29, 0.717) is 11.4 Å². The van der Waals surface area contributed by atoms with Crippen LogP contribution in [0.5, 0.6) is 5.75 Å². The molecule has 0 fully saturated rings. The van der Waals surface area contributed by atoms with Gasteiger partial charge in [-0.3, -0.25) is 14.5 Å². The summed E-state index contributed by atoms with van der Waals surface area (Å²) < 4.78 is 5.43. The van der Waals surface area contributed by atoms with Gasteiger partial charge in [0, 0.05) is 19.2 Å². The molecule has 7 nitrogen and oxygen atoms in total. The first kappa shape index (κ1) is 16.9. The second-order valence-corrected chi connectivity index (χ2v) is 4.83. The van der Waals surface area contributed by atoms with Crippen LogP contribution >= 0.6 is 0 Å². The predicted molar refractivity (Wildman–Crippen MR) is 78.9 cm³/mol. The van der Waals surface area contributed by atoms with Crippen LogP contribution in [0.1, 0.15) is 6.92 Å². The number of aliphatic hydroxyl groups is 1. The number of primary amides is 1. The van der Waals surface area contributed by atoms with Crippen LogP contribution < -0.4 is 15.8 Å². The van der Waals surface area contributed by atoms with Crippen molar-refractivity contribution in [3.8, 4) is 5.75 Å². The molecule has 7 heteroatoms. The topological polar surface area (TPSA) is 105 Å². The van der Waals surface area contributed by atoms with Crippen LogP contribution in [0.15, 0.2) is 24.3 Å². The Morgan fingerprint density at radius 2 is 2.00 bits per heavy atom. The fourth-order valence-electron chi connectivity index (χ4n) is 1.77. The molecule has 1 atom stereocenters. The summed E-state index contributed by atoms with van der Waals surface area (Å²) in [6.07, 6.45) is -0.732. The van der Waals surface area contributed by atoms with E-state index in [1.807, 2.05) is 0 Å². The van der Waals surface area contributed by atoms with E-state index < -0.39 is 12.0 Å². The van der Waals surface area contributed by atoms with E-state index in [0.717, 1.165) is 0 Å². The Bertz CT molecular complexity index is 476. The molecule has 1 rings (SSSR count). The van der Waals surface area contributed by atoms with Gasteiger partial charge in [0.05, 0.1) is 6.54 Å². The van der Waals surface area contributed by atoms with Crippen molar-refractivity contribution < 1.29 is 19.4 Å². The molecule has 116 valence electrons. The summed E-state index contributed by atoms with van der Waals surface area (Å²) in [5.74, 6) is -0.00327. The molecule has 0 radical (unpaired) electrons. The van der Waals surface area contributed by atoms with Crippen LogP contribution in [0.3, 0.4) is 0 Å². The third kappa shape index (κ3) is 7.28. The molecule has 21 heavy (non-hydrogen) atoms. The number of hydrogen-bond acceptors (Lipinski definition) is 5. The van der Waals surface area contributed by atoms with Crippen LogP contribution in [-0.4, -0.2) is 54.7 Å². The Kier molecular flexibility index (Phi) is 6.64. The second-order valence-electron chi connectivity index (χ2n) is 4.83. The van der Waals surface area contributed by atoms with Crippen molar-refractivity contribution >= 4 is 17.5 Å². The van der Waals surface area contributed by atoms with Gasteiger partial charge in [-0.25, -0.2) is 0 Å². The van der Waals surface area contributed by atoms with Gasteiger partial charge in [-0.2, -0.15) is 0 Å². The number of ether oxygens (including phenoxy) is 1. The van der Waals surface area contributed by atoms with Crippen molar-refractivity contribution in [1.82, 2.24) is 4.90 Å². The summed E-state index contributed by atoms with van der Waals surface area (Å²) in [6.45, 7) is 1.90. The minimum absolute atomic E-state index is 0.0858. The summed E-state index contributed by atoms with van der Waals surface area (Å²) in [4.78, 5) is 23.2. The number of likely N-dealkylation sites (N-methyl/N-ethyl adjacent to an activating group) is 1. The number of amides is 2. The van der Waals surface area contributed by atoms with Gasteiger partial charge >= 0.3 is 0 Å². The zero-order chi connectivity index (χ0) is 15.8. The molecule has 0 unspecified atom stereocenters. The van der Waals surface area contributed by atoms with E-state index in [1.165, 1.54) is 6.92 Å². The minimum Gasteiger partial charge on any atom is -0.491 e. The van der Waals surface area contributed by atoms with E-state index >= 15 is 0 Å². The fraction of sp³-hybridized carbons (Fsp3) is 0.429. The summed E-state index contributed by atoms with van der Waals surface area (Å²) >= 11 is 0. The predicted octanol–water partition coefficient (Wildman–Crippen LogP) is -0.198. The second kappa shape index (κ2) is 8.23. The number of rotatable bonds is 8. The molecule has 1 aromatic carbocycles. The molecule has 0 bridgehead atoms. The van der Waals surface area contributed by atoms with Gasteiger partial charge in [0.25, 0.3) is 0 Å². The molecule has 2 amide bonds. The maximum absolute atomic E-state index is 10.9. The summed E-state index contributed by atoms with van der Waals surface area (Å²) in [7, 11) is 1.69. The number of nitrogens with zero attached hydrogens (tertiary/aromatic N) is 1. The lowest BCUT2D eigenvalue weighted by molar-refractivity contribution is -0.119. The summed E-state index contributed by atoms with van der Waals surface area (Å²) in [5, 5.41) is 12.4. The van der Waals surface area contributed by atoms with Gasteiger partial charge < -0.3 is 20.9 Å². The third-order valence-corrected chi connectivity index (χ3v) is 2.57. The van der Waals surface area contributed by atoms with Crippen LogP contribution in [0.25, 0.3) is 0 Å². The highest BCUT2D eigenvalue weighted by atomic mass is 16.5. The van der Waals surface area contributed by atoms with E-state index in [-0.39, 0.29) is 25.6 Å². The number of nitrogens with one attached hydrogen (secondary N) is 1. The van der Waals surface area contributed by atoms with E-state index in [1.54, 1.807) is 36.2 Å². The van der Waals surface area contributed by atoms with Crippen LogP contribution in [0.4, 0.5) is 5.69 Å². The number of aliphatic hydroxyl groups excluding tert-OH is 1. The van der Waals surface area contributed by atoms with Crippen LogP contribution in [0.2, 0.25) is 0 Å². The Hall–Kier alpha value is -2.12. The fourth-order valence-corrected chi connectivity index (χ4v) is 1.77. The maximum atomic E-state index is 10.9. The number of carbonyl (C=O) groups excluding carboxylic acids is 2. The molecular formula is C14H21N3O4. The maximum Gasteiger partial charge on any atom is 0.231 e. The quantitative estimate of drug-likeness (QED) is 0.616. The van der Waals surface area contributed by atoms with E-state index in [9.17, 15) is 14.7 Å².